The lowest BCUT2D eigenvalue weighted by Gasteiger charge is -2.07. The number of hydrogen-bond donors (Lipinski definition) is 2. The lowest BCUT2D eigenvalue weighted by molar-refractivity contribution is 0.0992. The van der Waals surface area contributed by atoms with Gasteiger partial charge in [-0.2, -0.15) is 0 Å². The molecule has 4 nitrogen and oxygen atoms in total. The molecule has 0 radical (unpaired) electrons. The third-order valence-corrected chi connectivity index (χ3v) is 2.40. The van der Waals surface area contributed by atoms with Crippen molar-refractivity contribution in [3.8, 4) is 0 Å². The molecule has 0 atom stereocenters. The third kappa shape index (κ3) is 1.49. The first-order valence-corrected chi connectivity index (χ1v) is 4.62. The Morgan fingerprint density at radius 1 is 1.46 bits per heavy atom. The van der Waals surface area contributed by atoms with E-state index in [0.717, 1.165) is 24.2 Å². The molecule has 0 aliphatic heterocycles. The lowest BCUT2D eigenvalue weighted by atomic mass is 10.0. The number of ketones is 1. The number of aromatic amines is 1. The largest absolute Gasteiger partial charge is 0.339 e. The van der Waals surface area contributed by atoms with E-state index in [1.807, 2.05) is 0 Å². The van der Waals surface area contributed by atoms with Crippen molar-refractivity contribution >= 4 is 5.78 Å². The summed E-state index contributed by atoms with van der Waals surface area (Å²) in [4.78, 5) is 18.5. The second-order valence-corrected chi connectivity index (χ2v) is 3.35. The molecule has 4 heteroatoms. The highest BCUT2D eigenvalue weighted by atomic mass is 16.1. The molecule has 0 fully saturated rings. The molecule has 0 saturated heterocycles. The number of imidazole rings is 1. The second-order valence-electron chi connectivity index (χ2n) is 3.35. The van der Waals surface area contributed by atoms with Crippen LogP contribution in [0, 0.1) is 0 Å². The molecule has 0 spiro atoms. The van der Waals surface area contributed by atoms with Crippen molar-refractivity contribution in [2.75, 3.05) is 6.54 Å². The predicted molar refractivity (Wildman–Crippen MR) is 48.6 cm³/mol. The zero-order chi connectivity index (χ0) is 9.26. The van der Waals surface area contributed by atoms with E-state index in [4.69, 9.17) is 5.73 Å². The smallest absolute Gasteiger partial charge is 0.211 e. The second kappa shape index (κ2) is 3.30. The fourth-order valence-corrected chi connectivity index (χ4v) is 1.68. The van der Waals surface area contributed by atoms with Gasteiger partial charge in [-0.3, -0.25) is 4.79 Å². The number of aryl methyl sites for hydroxylation is 2. The van der Waals surface area contributed by atoms with Crippen LogP contribution in [0.25, 0.3) is 0 Å². The number of carbonyl (C=O) groups is 1. The zero-order valence-electron chi connectivity index (χ0n) is 7.47. The number of nitrogens with two attached hydrogens (primary N) is 1. The molecule has 70 valence electrons. The van der Waals surface area contributed by atoms with Crippen LogP contribution in [0.5, 0.6) is 0 Å². The molecule has 1 aromatic rings. The number of hydrogen-bond acceptors (Lipinski definition) is 3. The highest BCUT2D eigenvalue weighted by Crippen LogP contribution is 2.18. The molecule has 0 saturated carbocycles. The summed E-state index contributed by atoms with van der Waals surface area (Å²) in [6.45, 7) is 0.0341. The molecular weight excluding hydrogens is 166 g/mol. The lowest BCUT2D eigenvalue weighted by Crippen LogP contribution is -2.15. The number of rotatable bonds is 2. The number of nitrogens with zero attached hydrogens (tertiary/aromatic N) is 1. The van der Waals surface area contributed by atoms with Gasteiger partial charge in [-0.15, -0.1) is 0 Å². The maximum atomic E-state index is 11.2. The van der Waals surface area contributed by atoms with Gasteiger partial charge < -0.3 is 10.7 Å². The average molecular weight is 179 g/mol. The van der Waals surface area contributed by atoms with E-state index in [0.29, 0.717) is 5.82 Å². The van der Waals surface area contributed by atoms with Gasteiger partial charge in [0.05, 0.1) is 12.2 Å². The van der Waals surface area contributed by atoms with Gasteiger partial charge in [0, 0.05) is 5.69 Å². The quantitative estimate of drug-likeness (QED) is 0.647. The summed E-state index contributed by atoms with van der Waals surface area (Å²) in [7, 11) is 0. The molecule has 0 amide bonds. The van der Waals surface area contributed by atoms with Crippen LogP contribution in [-0.2, 0) is 12.8 Å². The topological polar surface area (TPSA) is 71.8 Å². The molecule has 1 heterocycles. The molecule has 1 aliphatic rings. The summed E-state index contributed by atoms with van der Waals surface area (Å²) >= 11 is 0. The molecule has 0 unspecified atom stereocenters. The van der Waals surface area contributed by atoms with Crippen LogP contribution in [0.15, 0.2) is 0 Å². The summed E-state index contributed by atoms with van der Waals surface area (Å²) in [5.74, 6) is 0.337. The van der Waals surface area contributed by atoms with Crippen LogP contribution in [-0.4, -0.2) is 22.3 Å². The van der Waals surface area contributed by atoms with Crippen LogP contribution >= 0.6 is 0 Å². The Kier molecular flexibility index (Phi) is 2.14. The molecule has 13 heavy (non-hydrogen) atoms. The van der Waals surface area contributed by atoms with Crippen molar-refractivity contribution < 1.29 is 4.79 Å². The number of aromatic nitrogens is 2. The van der Waals surface area contributed by atoms with E-state index in [9.17, 15) is 4.79 Å². The van der Waals surface area contributed by atoms with Gasteiger partial charge in [-0.1, -0.05) is 0 Å². The fourth-order valence-electron chi connectivity index (χ4n) is 1.68. The maximum Gasteiger partial charge on any atom is 0.211 e. The van der Waals surface area contributed by atoms with E-state index in [2.05, 4.69) is 9.97 Å². The fraction of sp³-hybridized carbons (Fsp3) is 0.556. The van der Waals surface area contributed by atoms with E-state index in [1.54, 1.807) is 0 Å². The zero-order valence-corrected chi connectivity index (χ0v) is 7.47. The third-order valence-electron chi connectivity index (χ3n) is 2.40. The van der Waals surface area contributed by atoms with Gasteiger partial charge in [0.25, 0.3) is 0 Å². The minimum absolute atomic E-state index is 0.0341. The first kappa shape index (κ1) is 8.44. The summed E-state index contributed by atoms with van der Waals surface area (Å²) in [5.41, 5.74) is 7.44. The van der Waals surface area contributed by atoms with Crippen molar-refractivity contribution in [3.05, 3.63) is 17.2 Å². The molecular formula is C9H13N3O. The SMILES string of the molecule is NCC(=O)c1nc2c([nH]1)CCCC2. The molecule has 3 N–H and O–H groups in total. The molecule has 2 rings (SSSR count). The van der Waals surface area contributed by atoms with Gasteiger partial charge in [0.1, 0.15) is 0 Å². The monoisotopic (exact) mass is 179 g/mol. The predicted octanol–water partition coefficient (Wildman–Crippen LogP) is 0.430. The first-order chi connectivity index (χ1) is 6.31. The van der Waals surface area contributed by atoms with Gasteiger partial charge in [-0.25, -0.2) is 4.98 Å². The van der Waals surface area contributed by atoms with Crippen LogP contribution in [0.4, 0.5) is 0 Å². The minimum Gasteiger partial charge on any atom is -0.339 e. The van der Waals surface area contributed by atoms with Crippen molar-refractivity contribution in [1.82, 2.24) is 9.97 Å². The van der Waals surface area contributed by atoms with Crippen molar-refractivity contribution in [2.24, 2.45) is 5.73 Å². The van der Waals surface area contributed by atoms with Crippen LogP contribution in [0.1, 0.15) is 34.8 Å². The van der Waals surface area contributed by atoms with Crippen LogP contribution in [0.2, 0.25) is 0 Å². The number of nitrogens with one attached hydrogen (secondary N) is 1. The normalized spacial score (nSPS) is 15.5. The summed E-state index contributed by atoms with van der Waals surface area (Å²) in [6.07, 6.45) is 4.36. The van der Waals surface area contributed by atoms with Crippen LogP contribution < -0.4 is 5.73 Å². The molecule has 1 aromatic heterocycles. The van der Waals surface area contributed by atoms with E-state index >= 15 is 0 Å². The van der Waals surface area contributed by atoms with Gasteiger partial charge >= 0.3 is 0 Å². The van der Waals surface area contributed by atoms with E-state index in [1.165, 1.54) is 12.8 Å². The summed E-state index contributed by atoms with van der Waals surface area (Å²) < 4.78 is 0. The number of H-pyrrole nitrogens is 1. The Morgan fingerprint density at radius 2 is 2.23 bits per heavy atom. The Labute approximate surface area is 76.5 Å². The van der Waals surface area contributed by atoms with Crippen molar-refractivity contribution in [3.63, 3.8) is 0 Å². The summed E-state index contributed by atoms with van der Waals surface area (Å²) in [5, 5.41) is 0. The molecule has 0 aromatic carbocycles. The Hall–Kier alpha value is -1.16. The highest BCUT2D eigenvalue weighted by molar-refractivity contribution is 5.94. The maximum absolute atomic E-state index is 11.2. The van der Waals surface area contributed by atoms with E-state index in [-0.39, 0.29) is 12.3 Å². The van der Waals surface area contributed by atoms with Crippen molar-refractivity contribution in [2.45, 2.75) is 25.7 Å². The molecule has 1 aliphatic carbocycles. The minimum atomic E-state index is -0.102. The van der Waals surface area contributed by atoms with Crippen molar-refractivity contribution in [1.29, 1.82) is 0 Å². The number of Topliss-reactive ketones (excluding diaryl/α,β-unsaturated/α-hetero) is 1. The number of fused-ring (bicyclic) bond motifs is 1. The van der Waals surface area contributed by atoms with Gasteiger partial charge in [0.15, 0.2) is 5.82 Å². The first-order valence-electron chi connectivity index (χ1n) is 4.62. The Balaban J connectivity index is 2.30. The van der Waals surface area contributed by atoms with Gasteiger partial charge in [-0.05, 0) is 25.7 Å². The summed E-state index contributed by atoms with van der Waals surface area (Å²) in [6, 6.07) is 0. The Bertz CT molecular complexity index is 306. The standard InChI is InChI=1S/C9H13N3O/c10-5-8(13)9-11-6-3-1-2-4-7(6)12-9/h1-5,10H2,(H,11,12). The van der Waals surface area contributed by atoms with E-state index < -0.39 is 0 Å². The van der Waals surface area contributed by atoms with Gasteiger partial charge in [0.2, 0.25) is 5.78 Å². The van der Waals surface area contributed by atoms with Crippen LogP contribution in [0.3, 0.4) is 0 Å². The molecule has 0 bridgehead atoms. The highest BCUT2D eigenvalue weighted by Gasteiger charge is 2.16. The average Bonchev–Trinajstić information content (AvgIpc) is 2.59. The number of carbonyl (C=O) groups excluding carboxylic acids is 1. The Morgan fingerprint density at radius 3 is 2.92 bits per heavy atom.